The van der Waals surface area contributed by atoms with Crippen molar-refractivity contribution < 1.29 is 4.42 Å². The van der Waals surface area contributed by atoms with E-state index in [0.717, 1.165) is 35.2 Å². The fourth-order valence-electron chi connectivity index (χ4n) is 4.77. The number of aromatic nitrogens is 1. The predicted octanol–water partition coefficient (Wildman–Crippen LogP) is 2.56. The van der Waals surface area contributed by atoms with Gasteiger partial charge in [-0.2, -0.15) is 4.37 Å². The molecule has 0 atom stereocenters. The van der Waals surface area contributed by atoms with Crippen LogP contribution in [0.3, 0.4) is 0 Å². The Morgan fingerprint density at radius 2 is 1.69 bits per heavy atom. The minimum absolute atomic E-state index is 0.147. The lowest BCUT2D eigenvalue weighted by molar-refractivity contribution is -0.0182. The van der Waals surface area contributed by atoms with Crippen LogP contribution in [0.5, 0.6) is 0 Å². The summed E-state index contributed by atoms with van der Waals surface area (Å²) in [6, 6.07) is 0. The van der Waals surface area contributed by atoms with E-state index in [9.17, 15) is 4.79 Å². The summed E-state index contributed by atoms with van der Waals surface area (Å²) in [6.45, 7) is 0. The molecule has 4 fully saturated rings. The van der Waals surface area contributed by atoms with Crippen LogP contribution < -0.4 is 4.94 Å². The van der Waals surface area contributed by atoms with Gasteiger partial charge in [-0.1, -0.05) is 0 Å². The zero-order valence-electron chi connectivity index (χ0n) is 9.15. The Bertz CT molecular complexity index is 440. The summed E-state index contributed by atoms with van der Waals surface area (Å²) in [4.78, 5) is 10.9. The first kappa shape index (κ1) is 9.40. The average Bonchev–Trinajstić information content (AvgIpc) is 2.63. The van der Waals surface area contributed by atoms with Crippen LogP contribution >= 0.6 is 11.5 Å². The fraction of sp³-hybridized carbons (Fsp3) is 0.833. The topological polar surface area (TPSA) is 43.1 Å². The van der Waals surface area contributed by atoms with Gasteiger partial charge in [-0.3, -0.25) is 0 Å². The molecule has 0 spiro atoms. The Morgan fingerprint density at radius 3 is 2.12 bits per heavy atom. The third-order valence-corrected chi connectivity index (χ3v) is 5.36. The summed E-state index contributed by atoms with van der Waals surface area (Å²) in [7, 11) is 0. The Kier molecular flexibility index (Phi) is 1.75. The second kappa shape index (κ2) is 2.97. The molecule has 0 N–H and O–H groups in total. The first-order valence-corrected chi connectivity index (χ1v) is 6.98. The minimum Gasteiger partial charge on any atom is -0.398 e. The van der Waals surface area contributed by atoms with Crippen molar-refractivity contribution in [1.29, 1.82) is 0 Å². The normalized spacial score (nSPS) is 45.1. The molecule has 4 aliphatic carbocycles. The molecule has 16 heavy (non-hydrogen) atoms. The zero-order chi connectivity index (χ0) is 10.8. The van der Waals surface area contributed by atoms with Crippen molar-refractivity contribution in [2.24, 2.45) is 17.8 Å². The van der Waals surface area contributed by atoms with Gasteiger partial charge in [0, 0.05) is 16.9 Å². The molecule has 0 unspecified atom stereocenters. The van der Waals surface area contributed by atoms with E-state index in [1.54, 1.807) is 0 Å². The second-order valence-corrected chi connectivity index (χ2v) is 6.74. The van der Waals surface area contributed by atoms with Crippen LogP contribution in [0.2, 0.25) is 0 Å². The van der Waals surface area contributed by atoms with Gasteiger partial charge in [0.2, 0.25) is 5.89 Å². The molecule has 5 rings (SSSR count). The highest BCUT2D eigenvalue weighted by molar-refractivity contribution is 7.02. The van der Waals surface area contributed by atoms with Gasteiger partial charge >= 0.3 is 4.94 Å². The lowest BCUT2D eigenvalue weighted by Crippen LogP contribution is -2.48. The SMILES string of the molecule is O=c1oc(C23CC4CC(CC(C4)C2)C3)ns1. The molecule has 0 radical (unpaired) electrons. The van der Waals surface area contributed by atoms with Crippen LogP contribution in [0.25, 0.3) is 0 Å². The highest BCUT2D eigenvalue weighted by Crippen LogP contribution is 2.60. The average molecular weight is 237 g/mol. The van der Waals surface area contributed by atoms with Crippen molar-refractivity contribution in [1.82, 2.24) is 4.37 Å². The molecule has 4 aliphatic rings. The molecule has 0 saturated heterocycles. The maximum absolute atomic E-state index is 11.2. The first-order chi connectivity index (χ1) is 7.73. The van der Waals surface area contributed by atoms with Crippen molar-refractivity contribution in [3.63, 3.8) is 0 Å². The van der Waals surface area contributed by atoms with E-state index in [-0.39, 0.29) is 10.4 Å². The summed E-state index contributed by atoms with van der Waals surface area (Å²) in [5.74, 6) is 3.39. The van der Waals surface area contributed by atoms with Crippen LogP contribution in [0, 0.1) is 17.8 Å². The van der Waals surface area contributed by atoms with Crippen LogP contribution in [0.1, 0.15) is 44.4 Å². The standard InChI is InChI=1S/C12H15NO2S/c14-11-15-10(13-16-11)12-4-7-1-8(5-12)3-9(2-7)6-12/h7-9H,1-6H2. The van der Waals surface area contributed by atoms with E-state index < -0.39 is 0 Å². The van der Waals surface area contributed by atoms with Crippen molar-refractivity contribution in [2.75, 3.05) is 0 Å². The Morgan fingerprint density at radius 1 is 1.12 bits per heavy atom. The highest BCUT2D eigenvalue weighted by atomic mass is 32.1. The summed E-state index contributed by atoms with van der Waals surface area (Å²) in [6.07, 6.45) is 7.87. The Hall–Kier alpha value is -0.640. The molecule has 1 heterocycles. The van der Waals surface area contributed by atoms with E-state index in [1.165, 1.54) is 38.5 Å². The van der Waals surface area contributed by atoms with Crippen LogP contribution in [0.15, 0.2) is 9.21 Å². The molecule has 4 saturated carbocycles. The lowest BCUT2D eigenvalue weighted by atomic mass is 9.49. The van der Waals surface area contributed by atoms with E-state index >= 15 is 0 Å². The van der Waals surface area contributed by atoms with Crippen molar-refractivity contribution in [3.05, 3.63) is 15.6 Å². The zero-order valence-corrected chi connectivity index (χ0v) is 9.96. The van der Waals surface area contributed by atoms with Crippen molar-refractivity contribution in [2.45, 2.75) is 43.9 Å². The second-order valence-electron chi connectivity index (χ2n) is 6.04. The summed E-state index contributed by atoms with van der Waals surface area (Å²) in [5.41, 5.74) is 0.147. The summed E-state index contributed by atoms with van der Waals surface area (Å²) >= 11 is 0.981. The molecular formula is C12H15NO2S. The molecule has 0 amide bonds. The van der Waals surface area contributed by atoms with Gasteiger partial charge in [-0.15, -0.1) is 0 Å². The lowest BCUT2D eigenvalue weighted by Gasteiger charge is -2.55. The quantitative estimate of drug-likeness (QED) is 0.754. The number of nitrogens with zero attached hydrogens (tertiary/aromatic N) is 1. The summed E-state index contributed by atoms with van der Waals surface area (Å²) in [5, 5.41) is 0. The first-order valence-electron chi connectivity index (χ1n) is 6.21. The van der Waals surface area contributed by atoms with Crippen LogP contribution in [0.4, 0.5) is 0 Å². The number of hydrogen-bond donors (Lipinski definition) is 0. The maximum Gasteiger partial charge on any atom is 0.414 e. The van der Waals surface area contributed by atoms with Crippen LogP contribution in [-0.2, 0) is 5.41 Å². The molecule has 4 bridgehead atoms. The van der Waals surface area contributed by atoms with Crippen molar-refractivity contribution in [3.8, 4) is 0 Å². The predicted molar refractivity (Wildman–Crippen MR) is 60.5 cm³/mol. The third kappa shape index (κ3) is 1.19. The molecule has 3 nitrogen and oxygen atoms in total. The Balaban J connectivity index is 1.79. The van der Waals surface area contributed by atoms with Gasteiger partial charge in [0.15, 0.2) is 0 Å². The third-order valence-electron chi connectivity index (χ3n) is 4.88. The minimum atomic E-state index is -0.231. The largest absolute Gasteiger partial charge is 0.414 e. The molecule has 0 aliphatic heterocycles. The molecule has 1 aromatic rings. The molecule has 0 aromatic carbocycles. The number of rotatable bonds is 1. The Labute approximate surface area is 98.0 Å². The van der Waals surface area contributed by atoms with Gasteiger partial charge in [0.1, 0.15) is 0 Å². The molecule has 4 heteroatoms. The van der Waals surface area contributed by atoms with E-state index in [2.05, 4.69) is 4.37 Å². The van der Waals surface area contributed by atoms with Crippen molar-refractivity contribution >= 4 is 11.5 Å². The molecule has 86 valence electrons. The van der Waals surface area contributed by atoms with Gasteiger partial charge in [0.25, 0.3) is 0 Å². The summed E-state index contributed by atoms with van der Waals surface area (Å²) < 4.78 is 9.59. The molecular weight excluding hydrogens is 222 g/mol. The maximum atomic E-state index is 11.2. The van der Waals surface area contributed by atoms with E-state index in [0.29, 0.717) is 0 Å². The van der Waals surface area contributed by atoms with Gasteiger partial charge in [0.05, 0.1) is 0 Å². The van der Waals surface area contributed by atoms with E-state index in [4.69, 9.17) is 4.42 Å². The van der Waals surface area contributed by atoms with Gasteiger partial charge in [-0.05, 0) is 56.3 Å². The monoisotopic (exact) mass is 237 g/mol. The molecule has 1 aromatic heterocycles. The highest BCUT2D eigenvalue weighted by Gasteiger charge is 2.54. The van der Waals surface area contributed by atoms with Crippen LogP contribution in [-0.4, -0.2) is 4.37 Å². The van der Waals surface area contributed by atoms with E-state index in [1.807, 2.05) is 0 Å². The number of hydrogen-bond acceptors (Lipinski definition) is 4. The van der Waals surface area contributed by atoms with Gasteiger partial charge < -0.3 is 4.42 Å². The smallest absolute Gasteiger partial charge is 0.398 e. The van der Waals surface area contributed by atoms with Gasteiger partial charge in [-0.25, -0.2) is 4.79 Å². The fourth-order valence-corrected chi connectivity index (χ4v) is 5.28.